The molecule has 0 spiro atoms. The second-order valence-corrected chi connectivity index (χ2v) is 10.4. The Morgan fingerprint density at radius 1 is 1.03 bits per heavy atom. The summed E-state index contributed by atoms with van der Waals surface area (Å²) in [6.07, 6.45) is 6.63. The lowest BCUT2D eigenvalue weighted by Gasteiger charge is -2.40. The van der Waals surface area contributed by atoms with E-state index in [-0.39, 0.29) is 5.92 Å². The van der Waals surface area contributed by atoms with Gasteiger partial charge in [0.05, 0.1) is 5.69 Å². The predicted molar refractivity (Wildman–Crippen MR) is 124 cm³/mol. The van der Waals surface area contributed by atoms with Crippen LogP contribution in [0.15, 0.2) is 36.4 Å². The zero-order valence-electron chi connectivity index (χ0n) is 18.1. The van der Waals surface area contributed by atoms with Gasteiger partial charge in [0.2, 0.25) is 5.91 Å². The molecule has 1 saturated heterocycles. The van der Waals surface area contributed by atoms with Crippen molar-refractivity contribution in [3.63, 3.8) is 0 Å². The van der Waals surface area contributed by atoms with Gasteiger partial charge in [0.25, 0.3) is 0 Å². The number of hydrogen-bond acceptors (Lipinski definition) is 3. The normalized spacial score (nSPS) is 23.8. The van der Waals surface area contributed by atoms with Gasteiger partial charge in [0.1, 0.15) is 0 Å². The minimum absolute atomic E-state index is 0.199. The maximum absolute atomic E-state index is 13.8. The van der Waals surface area contributed by atoms with Crippen LogP contribution in [0.3, 0.4) is 0 Å². The van der Waals surface area contributed by atoms with Gasteiger partial charge in [-0.05, 0) is 83.1 Å². The summed E-state index contributed by atoms with van der Waals surface area (Å²) >= 11 is 1.82. The van der Waals surface area contributed by atoms with E-state index in [0.717, 1.165) is 50.4 Å². The first-order valence-corrected chi connectivity index (χ1v) is 12.0. The van der Waals surface area contributed by atoms with Gasteiger partial charge in [-0.3, -0.25) is 4.79 Å². The molecule has 2 aromatic rings. The molecule has 156 valence electrons. The smallest absolute Gasteiger partial charge is 0.230 e. The number of benzene rings is 1. The molecular weight excluding hydrogens is 376 g/mol. The fourth-order valence-electron chi connectivity index (χ4n) is 4.91. The molecule has 1 aliphatic carbocycles. The van der Waals surface area contributed by atoms with E-state index < -0.39 is 0 Å². The quantitative estimate of drug-likeness (QED) is 0.619. The maximum Gasteiger partial charge on any atom is 0.230 e. The molecule has 4 heteroatoms. The molecular formula is C25H34N2OS. The van der Waals surface area contributed by atoms with Crippen LogP contribution in [-0.4, -0.2) is 37.0 Å². The summed E-state index contributed by atoms with van der Waals surface area (Å²) < 4.78 is 0. The number of rotatable bonds is 4. The van der Waals surface area contributed by atoms with E-state index in [2.05, 4.69) is 67.1 Å². The highest BCUT2D eigenvalue weighted by Gasteiger charge is 2.35. The molecule has 0 bridgehead atoms. The Labute approximate surface area is 179 Å². The molecule has 1 amide bonds. The Balaban J connectivity index is 1.65. The van der Waals surface area contributed by atoms with E-state index in [4.69, 9.17) is 0 Å². The zero-order chi connectivity index (χ0) is 20.4. The fraction of sp³-hybridized carbons (Fsp3) is 0.560. The third-order valence-electron chi connectivity index (χ3n) is 6.87. The maximum atomic E-state index is 13.8. The minimum Gasteiger partial charge on any atom is -0.308 e. The summed E-state index contributed by atoms with van der Waals surface area (Å²) in [5, 5.41) is 0. The number of piperidine rings is 1. The van der Waals surface area contributed by atoms with Crippen molar-refractivity contribution in [2.45, 2.75) is 58.4 Å². The van der Waals surface area contributed by atoms with Gasteiger partial charge in [-0.25, -0.2) is 0 Å². The molecule has 2 fully saturated rings. The molecule has 1 aromatic carbocycles. The van der Waals surface area contributed by atoms with Crippen molar-refractivity contribution in [1.82, 2.24) is 4.90 Å². The van der Waals surface area contributed by atoms with Crippen molar-refractivity contribution in [2.24, 2.45) is 11.8 Å². The van der Waals surface area contributed by atoms with Crippen molar-refractivity contribution in [3.8, 4) is 10.4 Å². The molecule has 1 aromatic heterocycles. The molecule has 0 unspecified atom stereocenters. The fourth-order valence-corrected chi connectivity index (χ4v) is 5.92. The Bertz CT molecular complexity index is 815. The topological polar surface area (TPSA) is 23.6 Å². The number of aryl methyl sites for hydroxylation is 1. The number of nitrogens with zero attached hydrogens (tertiary/aromatic N) is 2. The van der Waals surface area contributed by atoms with E-state index in [1.807, 2.05) is 11.3 Å². The summed E-state index contributed by atoms with van der Waals surface area (Å²) in [5.41, 5.74) is 2.40. The molecule has 2 heterocycles. The molecule has 0 radical (unpaired) electrons. The van der Waals surface area contributed by atoms with Crippen LogP contribution < -0.4 is 4.90 Å². The van der Waals surface area contributed by atoms with Gasteiger partial charge >= 0.3 is 0 Å². The van der Waals surface area contributed by atoms with Crippen LogP contribution in [0.2, 0.25) is 0 Å². The molecule has 1 saturated carbocycles. The summed E-state index contributed by atoms with van der Waals surface area (Å²) in [5.74, 6) is 1.35. The molecule has 0 N–H and O–H groups in total. The van der Waals surface area contributed by atoms with Gasteiger partial charge in [-0.15, -0.1) is 11.3 Å². The number of carbonyl (C=O) groups is 1. The molecule has 0 atom stereocenters. The number of likely N-dealkylation sites (tertiary alicyclic amines) is 1. The third-order valence-corrected chi connectivity index (χ3v) is 7.95. The van der Waals surface area contributed by atoms with Gasteiger partial charge in [-0.1, -0.05) is 37.3 Å². The molecule has 3 nitrogen and oxygen atoms in total. The molecule has 4 rings (SSSR count). The Hall–Kier alpha value is -1.65. The van der Waals surface area contributed by atoms with Gasteiger partial charge in [0, 0.05) is 21.7 Å². The number of carbonyl (C=O) groups excluding carboxylic acids is 1. The van der Waals surface area contributed by atoms with Crippen LogP contribution in [0.25, 0.3) is 10.4 Å². The van der Waals surface area contributed by atoms with E-state index in [9.17, 15) is 4.79 Å². The lowest BCUT2D eigenvalue weighted by molar-refractivity contribution is -0.124. The minimum atomic E-state index is 0.199. The van der Waals surface area contributed by atoms with Crippen molar-refractivity contribution >= 4 is 22.9 Å². The monoisotopic (exact) mass is 410 g/mol. The first-order chi connectivity index (χ1) is 14.0. The van der Waals surface area contributed by atoms with E-state index in [0.29, 0.717) is 11.9 Å². The van der Waals surface area contributed by atoms with Gasteiger partial charge in [0.15, 0.2) is 0 Å². The summed E-state index contributed by atoms with van der Waals surface area (Å²) in [6, 6.07) is 13.2. The lowest BCUT2D eigenvalue weighted by Crippen LogP contribution is -2.49. The van der Waals surface area contributed by atoms with Crippen LogP contribution in [0.1, 0.15) is 50.3 Å². The van der Waals surface area contributed by atoms with Crippen molar-refractivity contribution in [2.75, 3.05) is 25.0 Å². The van der Waals surface area contributed by atoms with Crippen LogP contribution >= 0.6 is 11.3 Å². The number of hydrogen-bond donors (Lipinski definition) is 0. The van der Waals surface area contributed by atoms with Crippen LogP contribution in [0.5, 0.6) is 0 Å². The van der Waals surface area contributed by atoms with Crippen LogP contribution in [0.4, 0.5) is 5.69 Å². The van der Waals surface area contributed by atoms with Gasteiger partial charge < -0.3 is 9.80 Å². The van der Waals surface area contributed by atoms with E-state index in [1.54, 1.807) is 0 Å². The second-order valence-electron chi connectivity index (χ2n) is 9.12. The van der Waals surface area contributed by atoms with E-state index in [1.165, 1.54) is 28.2 Å². The summed E-state index contributed by atoms with van der Waals surface area (Å²) in [6.45, 7) is 6.66. The Morgan fingerprint density at radius 3 is 2.34 bits per heavy atom. The average molecular weight is 411 g/mol. The lowest BCUT2D eigenvalue weighted by atomic mass is 9.82. The van der Waals surface area contributed by atoms with Crippen LogP contribution in [0, 0.1) is 18.8 Å². The zero-order valence-corrected chi connectivity index (χ0v) is 18.9. The van der Waals surface area contributed by atoms with E-state index >= 15 is 0 Å². The third kappa shape index (κ3) is 4.59. The predicted octanol–water partition coefficient (Wildman–Crippen LogP) is 5.98. The molecule has 29 heavy (non-hydrogen) atoms. The first kappa shape index (κ1) is 20.6. The number of amides is 1. The highest BCUT2D eigenvalue weighted by molar-refractivity contribution is 7.16. The number of thiophene rings is 1. The van der Waals surface area contributed by atoms with Crippen molar-refractivity contribution in [3.05, 3.63) is 41.3 Å². The van der Waals surface area contributed by atoms with Gasteiger partial charge in [-0.2, -0.15) is 0 Å². The molecule has 1 aliphatic heterocycles. The highest BCUT2D eigenvalue weighted by Crippen LogP contribution is 2.40. The Kier molecular flexibility index (Phi) is 6.41. The highest BCUT2D eigenvalue weighted by atomic mass is 32.1. The van der Waals surface area contributed by atoms with Crippen molar-refractivity contribution in [1.29, 1.82) is 0 Å². The molecule has 2 aliphatic rings. The average Bonchev–Trinajstić information content (AvgIpc) is 3.12. The van der Waals surface area contributed by atoms with Crippen molar-refractivity contribution < 1.29 is 4.79 Å². The largest absolute Gasteiger partial charge is 0.308 e. The standard InChI is InChI=1S/C25H34N2OS/c1-18-9-11-21(12-10-18)25(28)27(22-13-15-26(3)16-14-22)23-17-24(29-19(23)2)20-7-5-4-6-8-20/h4-8,17-18,21-22H,9-16H2,1-3H3. The Morgan fingerprint density at radius 2 is 1.69 bits per heavy atom. The van der Waals surface area contributed by atoms with Crippen LogP contribution in [-0.2, 0) is 4.79 Å². The first-order valence-electron chi connectivity index (χ1n) is 11.2. The summed E-state index contributed by atoms with van der Waals surface area (Å²) in [7, 11) is 2.19. The summed E-state index contributed by atoms with van der Waals surface area (Å²) in [4.78, 5) is 20.9. The number of anilines is 1. The SMILES string of the molecule is Cc1sc(-c2ccccc2)cc1N(C(=O)C1CCC(C)CC1)C1CCN(C)CC1. The second kappa shape index (κ2) is 9.01.